The lowest BCUT2D eigenvalue weighted by atomic mass is 10.0. The number of ether oxygens (including phenoxy) is 1. The molecule has 2 aromatic rings. The fourth-order valence-electron chi connectivity index (χ4n) is 2.22. The summed E-state index contributed by atoms with van der Waals surface area (Å²) in [5, 5.41) is 3.30. The molecule has 0 spiro atoms. The predicted octanol–water partition coefficient (Wildman–Crippen LogP) is 2.71. The quantitative estimate of drug-likeness (QED) is 0.911. The summed E-state index contributed by atoms with van der Waals surface area (Å²) in [6.07, 6.45) is 0. The molecule has 1 N–H and O–H groups in total. The highest BCUT2D eigenvalue weighted by atomic mass is 16.5. The normalized spacial score (nSPS) is 13.8. The average molecular weight is 252 g/mol. The summed E-state index contributed by atoms with van der Waals surface area (Å²) in [4.78, 5) is 4.45. The van der Waals surface area contributed by atoms with E-state index in [9.17, 15) is 0 Å². The van der Waals surface area contributed by atoms with Gasteiger partial charge in [-0.2, -0.15) is 0 Å². The third kappa shape index (κ3) is 2.45. The molecule has 2 aromatic carbocycles. The van der Waals surface area contributed by atoms with Crippen LogP contribution in [0.15, 0.2) is 53.5 Å². The van der Waals surface area contributed by atoms with Gasteiger partial charge < -0.3 is 10.1 Å². The molecular weight excluding hydrogens is 236 g/mol. The van der Waals surface area contributed by atoms with Crippen molar-refractivity contribution < 1.29 is 4.74 Å². The van der Waals surface area contributed by atoms with Crippen molar-refractivity contribution in [3.05, 3.63) is 54.1 Å². The van der Waals surface area contributed by atoms with Crippen LogP contribution in [0.1, 0.15) is 5.56 Å². The van der Waals surface area contributed by atoms with E-state index in [0.29, 0.717) is 0 Å². The maximum Gasteiger partial charge on any atom is 0.128 e. The number of methoxy groups -OCH3 is 1. The van der Waals surface area contributed by atoms with Crippen molar-refractivity contribution >= 4 is 5.84 Å². The monoisotopic (exact) mass is 252 g/mol. The summed E-state index contributed by atoms with van der Waals surface area (Å²) in [5.74, 6) is 1.87. The molecule has 0 fully saturated rings. The Balaban J connectivity index is 1.93. The second kappa shape index (κ2) is 5.14. The highest BCUT2D eigenvalue weighted by molar-refractivity contribution is 6.00. The van der Waals surface area contributed by atoms with E-state index in [0.717, 1.165) is 30.2 Å². The molecule has 19 heavy (non-hydrogen) atoms. The van der Waals surface area contributed by atoms with Crippen LogP contribution in [-0.4, -0.2) is 26.0 Å². The molecule has 0 saturated carbocycles. The van der Waals surface area contributed by atoms with E-state index < -0.39 is 0 Å². The van der Waals surface area contributed by atoms with Crippen molar-refractivity contribution in [2.45, 2.75) is 0 Å². The first-order valence-corrected chi connectivity index (χ1v) is 6.40. The first-order chi connectivity index (χ1) is 9.36. The molecule has 0 radical (unpaired) electrons. The van der Waals surface area contributed by atoms with Crippen LogP contribution in [0.4, 0.5) is 0 Å². The van der Waals surface area contributed by atoms with Gasteiger partial charge in [0.2, 0.25) is 0 Å². The smallest absolute Gasteiger partial charge is 0.128 e. The zero-order valence-corrected chi connectivity index (χ0v) is 10.9. The Kier molecular flexibility index (Phi) is 3.19. The fourth-order valence-corrected chi connectivity index (χ4v) is 2.22. The van der Waals surface area contributed by atoms with Gasteiger partial charge >= 0.3 is 0 Å². The Morgan fingerprint density at radius 1 is 1.00 bits per heavy atom. The van der Waals surface area contributed by atoms with E-state index >= 15 is 0 Å². The Morgan fingerprint density at radius 3 is 2.47 bits per heavy atom. The van der Waals surface area contributed by atoms with E-state index in [1.54, 1.807) is 7.11 Å². The minimum absolute atomic E-state index is 0.863. The van der Waals surface area contributed by atoms with Crippen molar-refractivity contribution in [2.75, 3.05) is 20.2 Å². The Morgan fingerprint density at radius 2 is 1.79 bits per heavy atom. The first-order valence-electron chi connectivity index (χ1n) is 6.40. The molecule has 0 amide bonds. The van der Waals surface area contributed by atoms with Crippen LogP contribution in [0.2, 0.25) is 0 Å². The summed E-state index contributed by atoms with van der Waals surface area (Å²) in [6, 6.07) is 16.5. The van der Waals surface area contributed by atoms with Gasteiger partial charge in [-0.25, -0.2) is 0 Å². The molecule has 3 rings (SSSR count). The lowest BCUT2D eigenvalue weighted by Crippen LogP contribution is -2.19. The van der Waals surface area contributed by atoms with Crippen LogP contribution in [0.3, 0.4) is 0 Å². The minimum atomic E-state index is 0.863. The van der Waals surface area contributed by atoms with Crippen molar-refractivity contribution in [1.82, 2.24) is 5.32 Å². The van der Waals surface area contributed by atoms with Crippen molar-refractivity contribution in [2.24, 2.45) is 4.99 Å². The number of nitrogens with one attached hydrogen (secondary N) is 1. The summed E-state index contributed by atoms with van der Waals surface area (Å²) in [5.41, 5.74) is 3.52. The van der Waals surface area contributed by atoms with Crippen LogP contribution in [-0.2, 0) is 0 Å². The number of rotatable bonds is 3. The third-order valence-corrected chi connectivity index (χ3v) is 3.23. The second-order valence-electron chi connectivity index (χ2n) is 4.47. The number of aliphatic imine (C=N–C) groups is 1. The Hall–Kier alpha value is -2.29. The van der Waals surface area contributed by atoms with Crippen LogP contribution in [0.25, 0.3) is 11.1 Å². The summed E-state index contributed by atoms with van der Waals surface area (Å²) in [7, 11) is 1.68. The molecule has 0 aliphatic carbocycles. The molecule has 96 valence electrons. The van der Waals surface area contributed by atoms with Crippen molar-refractivity contribution in [3.8, 4) is 16.9 Å². The van der Waals surface area contributed by atoms with Gasteiger partial charge in [-0.1, -0.05) is 30.3 Å². The molecule has 0 atom stereocenters. The van der Waals surface area contributed by atoms with Gasteiger partial charge in [0, 0.05) is 12.1 Å². The van der Waals surface area contributed by atoms with Gasteiger partial charge in [0.15, 0.2) is 0 Å². The summed E-state index contributed by atoms with van der Waals surface area (Å²) < 4.78 is 5.18. The molecule has 1 aliphatic heterocycles. The third-order valence-electron chi connectivity index (χ3n) is 3.23. The van der Waals surface area contributed by atoms with Gasteiger partial charge in [0.1, 0.15) is 11.6 Å². The average Bonchev–Trinajstić information content (AvgIpc) is 3.02. The van der Waals surface area contributed by atoms with E-state index in [1.165, 1.54) is 11.1 Å². The predicted molar refractivity (Wildman–Crippen MR) is 77.8 cm³/mol. The molecule has 1 heterocycles. The first kappa shape index (κ1) is 11.8. The number of hydrogen-bond donors (Lipinski definition) is 1. The van der Waals surface area contributed by atoms with Crippen LogP contribution in [0, 0.1) is 0 Å². The zero-order chi connectivity index (χ0) is 13.1. The fraction of sp³-hybridized carbons (Fsp3) is 0.188. The van der Waals surface area contributed by atoms with Gasteiger partial charge in [-0.3, -0.25) is 4.99 Å². The highest BCUT2D eigenvalue weighted by Gasteiger charge is 2.08. The largest absolute Gasteiger partial charge is 0.497 e. The van der Waals surface area contributed by atoms with Crippen LogP contribution >= 0.6 is 0 Å². The standard InChI is InChI=1S/C16H16N2O/c1-19-15-7-5-12(6-8-15)13-3-2-4-14(11-13)16-17-9-10-18-16/h2-8,11H,9-10H2,1H3,(H,17,18). The molecule has 0 aromatic heterocycles. The Labute approximate surface area is 113 Å². The van der Waals surface area contributed by atoms with Crippen LogP contribution < -0.4 is 10.1 Å². The maximum absolute atomic E-state index is 5.18. The maximum atomic E-state index is 5.18. The SMILES string of the molecule is COc1ccc(-c2cccc(C3=NCCN3)c2)cc1. The number of benzene rings is 2. The minimum Gasteiger partial charge on any atom is -0.497 e. The van der Waals surface area contributed by atoms with Gasteiger partial charge in [-0.15, -0.1) is 0 Å². The van der Waals surface area contributed by atoms with E-state index in [-0.39, 0.29) is 0 Å². The van der Waals surface area contributed by atoms with Crippen molar-refractivity contribution in [3.63, 3.8) is 0 Å². The van der Waals surface area contributed by atoms with Gasteiger partial charge in [0.25, 0.3) is 0 Å². The molecule has 0 unspecified atom stereocenters. The lowest BCUT2D eigenvalue weighted by Gasteiger charge is -2.07. The zero-order valence-electron chi connectivity index (χ0n) is 10.9. The number of amidine groups is 1. The molecule has 3 heteroatoms. The Bertz CT molecular complexity index is 602. The van der Waals surface area contributed by atoms with E-state index in [1.807, 2.05) is 12.1 Å². The lowest BCUT2D eigenvalue weighted by molar-refractivity contribution is 0.415. The number of nitrogens with zero attached hydrogens (tertiary/aromatic N) is 1. The van der Waals surface area contributed by atoms with E-state index in [2.05, 4.69) is 46.7 Å². The second-order valence-corrected chi connectivity index (χ2v) is 4.47. The molecule has 0 bridgehead atoms. The molecular formula is C16H16N2O. The molecule has 0 saturated heterocycles. The van der Waals surface area contributed by atoms with E-state index in [4.69, 9.17) is 4.74 Å². The van der Waals surface area contributed by atoms with Crippen molar-refractivity contribution in [1.29, 1.82) is 0 Å². The topological polar surface area (TPSA) is 33.6 Å². The summed E-state index contributed by atoms with van der Waals surface area (Å²) >= 11 is 0. The van der Waals surface area contributed by atoms with Gasteiger partial charge in [0.05, 0.1) is 13.7 Å². The summed E-state index contributed by atoms with van der Waals surface area (Å²) in [6.45, 7) is 1.80. The van der Waals surface area contributed by atoms with Crippen LogP contribution in [0.5, 0.6) is 5.75 Å². The van der Waals surface area contributed by atoms with Gasteiger partial charge in [-0.05, 0) is 29.3 Å². The molecule has 1 aliphatic rings. The highest BCUT2D eigenvalue weighted by Crippen LogP contribution is 2.23. The molecule has 3 nitrogen and oxygen atoms in total. The number of hydrogen-bond acceptors (Lipinski definition) is 3.